The van der Waals surface area contributed by atoms with Gasteiger partial charge in [0, 0.05) is 21.4 Å². The number of thioether (sulfide) groups is 1. The average molecular weight is 533 g/mol. The maximum atomic E-state index is 13.4. The van der Waals surface area contributed by atoms with Gasteiger partial charge in [-0.15, -0.1) is 11.8 Å². The lowest BCUT2D eigenvalue weighted by Crippen LogP contribution is -2.02. The number of rotatable bonds is 9. The number of hydrogen-bond donors (Lipinski definition) is 0. The van der Waals surface area contributed by atoms with Gasteiger partial charge >= 0.3 is 0 Å². The van der Waals surface area contributed by atoms with Crippen molar-refractivity contribution in [2.75, 3.05) is 0 Å². The zero-order valence-corrected chi connectivity index (χ0v) is 20.7. The standard InChI is InChI=1S/C29H22BrFO2S/c30-25-14-12-23(13-15-25)29(32)28(34-20-22-10-16-26(31)17-11-22)18-24-8-4-5-9-27(24)33-19-21-6-2-1-3-7-21/h1-18H,19-20H2. The van der Waals surface area contributed by atoms with Gasteiger partial charge in [-0.2, -0.15) is 0 Å². The van der Waals surface area contributed by atoms with Gasteiger partial charge in [0.2, 0.25) is 0 Å². The molecule has 2 nitrogen and oxygen atoms in total. The minimum Gasteiger partial charge on any atom is -0.488 e. The minimum absolute atomic E-state index is 0.0718. The van der Waals surface area contributed by atoms with Crippen LogP contribution in [0.5, 0.6) is 5.75 Å². The molecular formula is C29H22BrFO2S. The first-order chi connectivity index (χ1) is 16.6. The Labute approximate surface area is 211 Å². The second kappa shape index (κ2) is 11.8. The smallest absolute Gasteiger partial charge is 0.199 e. The Morgan fingerprint density at radius 3 is 2.24 bits per heavy atom. The van der Waals surface area contributed by atoms with E-state index in [9.17, 15) is 9.18 Å². The topological polar surface area (TPSA) is 26.3 Å². The van der Waals surface area contributed by atoms with Crippen LogP contribution in [0, 0.1) is 5.82 Å². The quantitative estimate of drug-likeness (QED) is 0.160. The molecule has 0 unspecified atom stereocenters. The molecule has 0 atom stereocenters. The third-order valence-electron chi connectivity index (χ3n) is 5.08. The summed E-state index contributed by atoms with van der Waals surface area (Å²) < 4.78 is 20.3. The Hall–Kier alpha value is -3.15. The van der Waals surface area contributed by atoms with Crippen molar-refractivity contribution < 1.29 is 13.9 Å². The Morgan fingerprint density at radius 1 is 0.824 bits per heavy atom. The zero-order chi connectivity index (χ0) is 23.8. The number of carbonyl (C=O) groups is 1. The van der Waals surface area contributed by atoms with Gasteiger partial charge < -0.3 is 4.74 Å². The van der Waals surface area contributed by atoms with E-state index in [2.05, 4.69) is 15.9 Å². The molecule has 4 aromatic rings. The Bertz CT molecular complexity index is 1270. The van der Waals surface area contributed by atoms with Crippen LogP contribution in [0.2, 0.25) is 0 Å². The van der Waals surface area contributed by atoms with Crippen molar-refractivity contribution in [1.82, 2.24) is 0 Å². The van der Waals surface area contributed by atoms with Crippen molar-refractivity contribution in [2.24, 2.45) is 0 Å². The minimum atomic E-state index is -0.278. The molecule has 0 saturated carbocycles. The Morgan fingerprint density at radius 2 is 1.50 bits per heavy atom. The van der Waals surface area contributed by atoms with Gasteiger partial charge in [0.1, 0.15) is 18.2 Å². The van der Waals surface area contributed by atoms with Crippen LogP contribution in [-0.2, 0) is 12.4 Å². The van der Waals surface area contributed by atoms with Gasteiger partial charge in [0.25, 0.3) is 0 Å². The highest BCUT2D eigenvalue weighted by atomic mass is 79.9. The SMILES string of the molecule is O=C(C(=Cc1ccccc1OCc1ccccc1)SCc1ccc(F)cc1)c1ccc(Br)cc1. The molecule has 0 amide bonds. The Balaban J connectivity index is 1.62. The van der Waals surface area contributed by atoms with Crippen molar-refractivity contribution in [3.63, 3.8) is 0 Å². The number of hydrogen-bond acceptors (Lipinski definition) is 3. The summed E-state index contributed by atoms with van der Waals surface area (Å²) in [6.07, 6.45) is 1.87. The first-order valence-corrected chi connectivity index (χ1v) is 12.5. The maximum Gasteiger partial charge on any atom is 0.199 e. The fourth-order valence-electron chi connectivity index (χ4n) is 3.27. The first kappa shape index (κ1) is 24.0. The number of ether oxygens (including phenoxy) is 1. The van der Waals surface area contributed by atoms with Crippen LogP contribution < -0.4 is 4.74 Å². The lowest BCUT2D eigenvalue weighted by Gasteiger charge is -2.12. The van der Waals surface area contributed by atoms with Gasteiger partial charge in [-0.25, -0.2) is 4.39 Å². The lowest BCUT2D eigenvalue weighted by molar-refractivity contribution is 0.104. The molecule has 0 bridgehead atoms. The molecule has 4 aromatic carbocycles. The number of halogens is 2. The lowest BCUT2D eigenvalue weighted by atomic mass is 10.1. The molecule has 0 aliphatic rings. The summed E-state index contributed by atoms with van der Waals surface area (Å²) in [5.74, 6) is 0.897. The van der Waals surface area contributed by atoms with Gasteiger partial charge in [0.05, 0.1) is 4.91 Å². The van der Waals surface area contributed by atoms with E-state index in [0.717, 1.165) is 21.2 Å². The van der Waals surface area contributed by atoms with Crippen LogP contribution >= 0.6 is 27.7 Å². The van der Waals surface area contributed by atoms with Crippen LogP contribution in [0.1, 0.15) is 27.0 Å². The fraction of sp³-hybridized carbons (Fsp3) is 0.0690. The van der Waals surface area contributed by atoms with Crippen LogP contribution in [0.3, 0.4) is 0 Å². The molecule has 0 saturated heterocycles. The second-order valence-electron chi connectivity index (χ2n) is 7.57. The van der Waals surface area contributed by atoms with E-state index in [0.29, 0.717) is 28.6 Å². The molecule has 0 heterocycles. The molecule has 34 heavy (non-hydrogen) atoms. The molecule has 0 fully saturated rings. The van der Waals surface area contributed by atoms with Crippen LogP contribution in [0.15, 0.2) is 113 Å². The predicted molar refractivity (Wildman–Crippen MR) is 141 cm³/mol. The predicted octanol–water partition coefficient (Wildman–Crippen LogP) is 8.32. The number of para-hydroxylation sites is 1. The number of carbonyl (C=O) groups excluding carboxylic acids is 1. The molecule has 0 spiro atoms. The van der Waals surface area contributed by atoms with Gasteiger partial charge in [-0.3, -0.25) is 4.79 Å². The fourth-order valence-corrected chi connectivity index (χ4v) is 4.50. The molecule has 0 aromatic heterocycles. The highest BCUT2D eigenvalue weighted by molar-refractivity contribution is 9.10. The third kappa shape index (κ3) is 6.69. The zero-order valence-electron chi connectivity index (χ0n) is 18.3. The van der Waals surface area contributed by atoms with Crippen molar-refractivity contribution in [2.45, 2.75) is 12.4 Å². The summed E-state index contributed by atoms with van der Waals surface area (Å²) in [6, 6.07) is 31.3. The molecule has 0 radical (unpaired) electrons. The summed E-state index contributed by atoms with van der Waals surface area (Å²) in [6.45, 7) is 0.435. The van der Waals surface area contributed by atoms with Crippen molar-refractivity contribution in [3.05, 3.63) is 141 Å². The monoisotopic (exact) mass is 532 g/mol. The molecule has 0 aliphatic heterocycles. The normalized spacial score (nSPS) is 11.3. The van der Waals surface area contributed by atoms with Gasteiger partial charge in [0.15, 0.2) is 5.78 Å². The highest BCUT2D eigenvalue weighted by Crippen LogP contribution is 2.31. The summed E-state index contributed by atoms with van der Waals surface area (Å²) in [7, 11) is 0. The van der Waals surface area contributed by atoms with E-state index in [1.54, 1.807) is 24.3 Å². The summed E-state index contributed by atoms with van der Waals surface area (Å²) in [5.41, 5.74) is 3.43. The van der Waals surface area contributed by atoms with Crippen molar-refractivity contribution in [1.29, 1.82) is 0 Å². The van der Waals surface area contributed by atoms with E-state index in [-0.39, 0.29) is 11.6 Å². The van der Waals surface area contributed by atoms with Crippen molar-refractivity contribution >= 4 is 39.6 Å². The number of Topliss-reactive ketones (excluding diaryl/α,β-unsaturated/α-hetero) is 1. The summed E-state index contributed by atoms with van der Waals surface area (Å²) in [5, 5.41) is 0. The number of ketones is 1. The van der Waals surface area contributed by atoms with Crippen molar-refractivity contribution in [3.8, 4) is 5.75 Å². The summed E-state index contributed by atoms with van der Waals surface area (Å²) >= 11 is 4.85. The van der Waals surface area contributed by atoms with Gasteiger partial charge in [-0.1, -0.05) is 76.6 Å². The molecule has 0 N–H and O–H groups in total. The van der Waals surface area contributed by atoms with Crippen LogP contribution in [-0.4, -0.2) is 5.78 Å². The molecule has 170 valence electrons. The molecule has 5 heteroatoms. The van der Waals surface area contributed by atoms with E-state index in [1.165, 1.54) is 23.9 Å². The second-order valence-corrected chi connectivity index (χ2v) is 9.50. The van der Waals surface area contributed by atoms with E-state index in [1.807, 2.05) is 72.8 Å². The van der Waals surface area contributed by atoms with E-state index < -0.39 is 0 Å². The molecule has 4 rings (SSSR count). The molecular weight excluding hydrogens is 511 g/mol. The van der Waals surface area contributed by atoms with E-state index in [4.69, 9.17) is 4.74 Å². The number of benzene rings is 4. The highest BCUT2D eigenvalue weighted by Gasteiger charge is 2.15. The maximum absolute atomic E-state index is 13.4. The first-order valence-electron chi connectivity index (χ1n) is 10.7. The van der Waals surface area contributed by atoms with Gasteiger partial charge in [-0.05, 0) is 59.7 Å². The number of allylic oxidation sites excluding steroid dienone is 1. The van der Waals surface area contributed by atoms with Crippen LogP contribution in [0.25, 0.3) is 6.08 Å². The Kier molecular flexibility index (Phi) is 8.34. The van der Waals surface area contributed by atoms with Crippen LogP contribution in [0.4, 0.5) is 4.39 Å². The third-order valence-corrected chi connectivity index (χ3v) is 6.70. The van der Waals surface area contributed by atoms with E-state index >= 15 is 0 Å². The molecule has 0 aliphatic carbocycles. The average Bonchev–Trinajstić information content (AvgIpc) is 2.87. The largest absolute Gasteiger partial charge is 0.488 e. The summed E-state index contributed by atoms with van der Waals surface area (Å²) in [4.78, 5) is 14.0.